The lowest BCUT2D eigenvalue weighted by Gasteiger charge is -2.31. The average Bonchev–Trinajstić information content (AvgIpc) is 2.64. The molecule has 1 aromatic rings. The zero-order valence-electron chi connectivity index (χ0n) is 8.43. The van der Waals surface area contributed by atoms with Crippen molar-refractivity contribution in [1.82, 2.24) is 9.88 Å². The Morgan fingerprint density at radius 3 is 3.25 bits per heavy atom. The van der Waals surface area contributed by atoms with Crippen LogP contribution in [-0.2, 0) is 16.1 Å². The van der Waals surface area contributed by atoms with Crippen LogP contribution in [0, 0.1) is 0 Å². The van der Waals surface area contributed by atoms with Gasteiger partial charge in [0.25, 0.3) is 0 Å². The van der Waals surface area contributed by atoms with E-state index in [1.807, 2.05) is 4.90 Å². The Labute approximate surface area is 102 Å². The van der Waals surface area contributed by atoms with Crippen LogP contribution in [-0.4, -0.2) is 46.8 Å². The average molecular weight is 263 g/mol. The maximum atomic E-state index is 11.0. The molecule has 1 N–H and O–H groups in total. The fraction of sp³-hybridized carbons (Fsp3) is 0.556. The van der Waals surface area contributed by atoms with Crippen molar-refractivity contribution in [3.05, 3.63) is 15.5 Å². The molecular formula is C9H11ClN2O3S. The van der Waals surface area contributed by atoms with Gasteiger partial charge < -0.3 is 9.84 Å². The van der Waals surface area contributed by atoms with Crippen molar-refractivity contribution in [3.8, 4) is 0 Å². The van der Waals surface area contributed by atoms with Gasteiger partial charge in [-0.25, -0.2) is 4.98 Å². The van der Waals surface area contributed by atoms with Crippen molar-refractivity contribution >= 4 is 28.9 Å². The smallest absolute Gasteiger partial charge is 0.323 e. The van der Waals surface area contributed by atoms with Crippen molar-refractivity contribution in [3.63, 3.8) is 0 Å². The largest absolute Gasteiger partial charge is 0.480 e. The van der Waals surface area contributed by atoms with E-state index >= 15 is 0 Å². The molecule has 1 unspecified atom stereocenters. The summed E-state index contributed by atoms with van der Waals surface area (Å²) in [6, 6.07) is -0.587. The zero-order valence-corrected chi connectivity index (χ0v) is 10.00. The standard InChI is InChI=1S/C9H11ClN2O3S/c10-7-3-11-8(16-7)4-12-1-2-15-5-6(12)9(13)14/h3,6H,1-2,4-5H2,(H,13,14). The first-order valence-corrected chi connectivity index (χ1v) is 6.01. The number of carbonyl (C=O) groups is 1. The van der Waals surface area contributed by atoms with Gasteiger partial charge in [-0.05, 0) is 0 Å². The van der Waals surface area contributed by atoms with Crippen molar-refractivity contribution in [2.75, 3.05) is 19.8 Å². The number of carboxylic acids is 1. The highest BCUT2D eigenvalue weighted by molar-refractivity contribution is 7.15. The molecule has 0 amide bonds. The number of thiazole rings is 1. The van der Waals surface area contributed by atoms with Gasteiger partial charge in [-0.1, -0.05) is 11.6 Å². The van der Waals surface area contributed by atoms with Gasteiger partial charge in [-0.15, -0.1) is 11.3 Å². The van der Waals surface area contributed by atoms with Gasteiger partial charge in [0.15, 0.2) is 0 Å². The molecule has 16 heavy (non-hydrogen) atoms. The minimum absolute atomic E-state index is 0.231. The Kier molecular flexibility index (Phi) is 3.75. The van der Waals surface area contributed by atoms with Gasteiger partial charge in [0, 0.05) is 6.54 Å². The summed E-state index contributed by atoms with van der Waals surface area (Å²) in [6.45, 7) is 1.91. The van der Waals surface area contributed by atoms with Gasteiger partial charge in [-0.2, -0.15) is 0 Å². The molecule has 1 saturated heterocycles. The van der Waals surface area contributed by atoms with Gasteiger partial charge in [0.2, 0.25) is 0 Å². The third-order valence-electron chi connectivity index (χ3n) is 2.39. The Morgan fingerprint density at radius 1 is 1.81 bits per heavy atom. The maximum Gasteiger partial charge on any atom is 0.323 e. The number of halogens is 1. The molecule has 2 heterocycles. The first-order chi connectivity index (χ1) is 7.66. The molecule has 0 bridgehead atoms. The van der Waals surface area contributed by atoms with Gasteiger partial charge in [0.1, 0.15) is 15.4 Å². The van der Waals surface area contributed by atoms with E-state index < -0.39 is 12.0 Å². The third kappa shape index (κ3) is 2.70. The molecule has 0 aromatic carbocycles. The topological polar surface area (TPSA) is 62.7 Å². The highest BCUT2D eigenvalue weighted by Gasteiger charge is 2.29. The fourth-order valence-electron chi connectivity index (χ4n) is 1.59. The first kappa shape index (κ1) is 11.8. The van der Waals surface area contributed by atoms with Crippen LogP contribution in [0.4, 0.5) is 0 Å². The summed E-state index contributed by atoms with van der Waals surface area (Å²) in [5.41, 5.74) is 0. The van der Waals surface area contributed by atoms with E-state index in [1.165, 1.54) is 11.3 Å². The maximum absolute atomic E-state index is 11.0. The van der Waals surface area contributed by atoms with E-state index in [9.17, 15) is 4.79 Å². The summed E-state index contributed by atoms with van der Waals surface area (Å²) >= 11 is 7.15. The van der Waals surface area contributed by atoms with Crippen LogP contribution >= 0.6 is 22.9 Å². The molecule has 1 aromatic heterocycles. The lowest BCUT2D eigenvalue weighted by molar-refractivity contribution is -0.150. The van der Waals surface area contributed by atoms with Crippen molar-refractivity contribution in [1.29, 1.82) is 0 Å². The Balaban J connectivity index is 2.03. The van der Waals surface area contributed by atoms with E-state index in [2.05, 4.69) is 4.98 Å². The first-order valence-electron chi connectivity index (χ1n) is 4.81. The summed E-state index contributed by atoms with van der Waals surface area (Å²) < 4.78 is 5.77. The van der Waals surface area contributed by atoms with E-state index in [-0.39, 0.29) is 6.61 Å². The predicted octanol–water partition coefficient (Wildman–Crippen LogP) is 1.08. The minimum atomic E-state index is -0.859. The third-order valence-corrected chi connectivity index (χ3v) is 3.49. The van der Waals surface area contributed by atoms with Crippen LogP contribution in [0.15, 0.2) is 6.20 Å². The number of ether oxygens (including phenoxy) is 1. The number of hydrogen-bond acceptors (Lipinski definition) is 5. The molecule has 0 aliphatic carbocycles. The number of nitrogens with zero attached hydrogens (tertiary/aromatic N) is 2. The molecule has 88 valence electrons. The lowest BCUT2D eigenvalue weighted by atomic mass is 10.2. The van der Waals surface area contributed by atoms with Crippen LogP contribution in [0.2, 0.25) is 4.34 Å². The normalized spacial score (nSPS) is 22.2. The lowest BCUT2D eigenvalue weighted by Crippen LogP contribution is -2.49. The Morgan fingerprint density at radius 2 is 2.62 bits per heavy atom. The van der Waals surface area contributed by atoms with Crippen LogP contribution in [0.1, 0.15) is 5.01 Å². The number of aromatic nitrogens is 1. The summed E-state index contributed by atoms with van der Waals surface area (Å²) in [6.07, 6.45) is 1.58. The highest BCUT2D eigenvalue weighted by atomic mass is 35.5. The number of carboxylic acid groups (broad SMARTS) is 1. The number of aliphatic carboxylic acids is 1. The molecule has 0 spiro atoms. The summed E-state index contributed by atoms with van der Waals surface area (Å²) in [4.78, 5) is 17.0. The van der Waals surface area contributed by atoms with Crippen molar-refractivity contribution in [2.24, 2.45) is 0 Å². The number of rotatable bonds is 3. The van der Waals surface area contributed by atoms with Crippen LogP contribution in [0.25, 0.3) is 0 Å². The molecule has 1 atom stereocenters. The van der Waals surface area contributed by atoms with E-state index in [0.717, 1.165) is 5.01 Å². The number of hydrogen-bond donors (Lipinski definition) is 1. The Hall–Kier alpha value is -0.690. The predicted molar refractivity (Wildman–Crippen MR) is 59.8 cm³/mol. The van der Waals surface area contributed by atoms with Gasteiger partial charge in [-0.3, -0.25) is 9.69 Å². The molecule has 2 rings (SSSR count). The summed E-state index contributed by atoms with van der Waals surface area (Å²) in [5.74, 6) is -0.859. The quantitative estimate of drug-likeness (QED) is 0.883. The van der Waals surface area contributed by atoms with E-state index in [4.69, 9.17) is 21.4 Å². The second kappa shape index (κ2) is 5.09. The second-order valence-electron chi connectivity index (χ2n) is 3.46. The van der Waals surface area contributed by atoms with Crippen LogP contribution < -0.4 is 0 Å². The van der Waals surface area contributed by atoms with Crippen molar-refractivity contribution < 1.29 is 14.6 Å². The number of morpholine rings is 1. The molecule has 1 fully saturated rings. The molecule has 1 aliphatic rings. The molecule has 5 nitrogen and oxygen atoms in total. The highest BCUT2D eigenvalue weighted by Crippen LogP contribution is 2.21. The van der Waals surface area contributed by atoms with Gasteiger partial charge in [0.05, 0.1) is 26.0 Å². The SMILES string of the molecule is O=C(O)C1COCCN1Cc1ncc(Cl)s1. The summed E-state index contributed by atoms with van der Waals surface area (Å²) in [5, 5.41) is 9.86. The molecule has 1 aliphatic heterocycles. The van der Waals surface area contributed by atoms with Crippen LogP contribution in [0.3, 0.4) is 0 Å². The van der Waals surface area contributed by atoms with Crippen LogP contribution in [0.5, 0.6) is 0 Å². The van der Waals surface area contributed by atoms with E-state index in [0.29, 0.717) is 24.0 Å². The van der Waals surface area contributed by atoms with Crippen molar-refractivity contribution in [2.45, 2.75) is 12.6 Å². The zero-order chi connectivity index (χ0) is 11.5. The minimum Gasteiger partial charge on any atom is -0.480 e. The summed E-state index contributed by atoms with van der Waals surface area (Å²) in [7, 11) is 0. The molecule has 0 radical (unpaired) electrons. The monoisotopic (exact) mass is 262 g/mol. The molecule has 7 heteroatoms. The molecular weight excluding hydrogens is 252 g/mol. The molecule has 0 saturated carbocycles. The Bertz CT molecular complexity index is 385. The van der Waals surface area contributed by atoms with E-state index in [1.54, 1.807) is 6.20 Å². The second-order valence-corrected chi connectivity index (χ2v) is 5.20. The van der Waals surface area contributed by atoms with Gasteiger partial charge >= 0.3 is 5.97 Å². The fourth-order valence-corrected chi connectivity index (χ4v) is 2.57.